The molecule has 130 valence electrons. The van der Waals surface area contributed by atoms with Crippen molar-refractivity contribution in [2.75, 3.05) is 7.11 Å². The maximum Gasteiger partial charge on any atom is 0.338 e. The Labute approximate surface area is 163 Å². The van der Waals surface area contributed by atoms with Gasteiger partial charge in [0.15, 0.2) is 0 Å². The molecule has 1 aromatic heterocycles. The van der Waals surface area contributed by atoms with E-state index >= 15 is 0 Å². The standard InChI is InChI=1S/C19H13BrN2O3S/c1-24-17-6-5-14(20)8-16(17)18-22-15(11-26-18)10-25-19(23)13-4-2-3-12(7-13)9-21/h2-8,11H,10H2,1H3. The predicted molar refractivity (Wildman–Crippen MR) is 102 cm³/mol. The minimum absolute atomic E-state index is 0.0580. The molecule has 0 unspecified atom stereocenters. The molecular weight excluding hydrogens is 416 g/mol. The molecule has 0 aliphatic heterocycles. The van der Waals surface area contributed by atoms with Crippen molar-refractivity contribution in [2.45, 2.75) is 6.61 Å². The number of carbonyl (C=O) groups is 1. The third kappa shape index (κ3) is 4.10. The van der Waals surface area contributed by atoms with Crippen LogP contribution in [0.5, 0.6) is 5.75 Å². The van der Waals surface area contributed by atoms with Crippen LogP contribution < -0.4 is 4.74 Å². The molecule has 0 aliphatic rings. The zero-order valence-corrected chi connectivity index (χ0v) is 16.1. The molecule has 0 radical (unpaired) electrons. The van der Waals surface area contributed by atoms with E-state index in [1.165, 1.54) is 17.4 Å². The van der Waals surface area contributed by atoms with E-state index in [-0.39, 0.29) is 6.61 Å². The molecule has 0 spiro atoms. The van der Waals surface area contributed by atoms with Gasteiger partial charge in [0.25, 0.3) is 0 Å². The lowest BCUT2D eigenvalue weighted by molar-refractivity contribution is 0.0468. The number of esters is 1. The summed E-state index contributed by atoms with van der Waals surface area (Å²) in [5.74, 6) is 0.232. The second-order valence-electron chi connectivity index (χ2n) is 5.26. The van der Waals surface area contributed by atoms with Crippen molar-refractivity contribution in [3.63, 3.8) is 0 Å². The molecular formula is C19H13BrN2O3S. The third-order valence-electron chi connectivity index (χ3n) is 3.52. The first-order valence-corrected chi connectivity index (χ1v) is 9.23. The number of nitrogens with zero attached hydrogens (tertiary/aromatic N) is 2. The summed E-state index contributed by atoms with van der Waals surface area (Å²) >= 11 is 4.89. The van der Waals surface area contributed by atoms with Gasteiger partial charge in [0, 0.05) is 9.85 Å². The average Bonchev–Trinajstić information content (AvgIpc) is 3.15. The maximum absolute atomic E-state index is 12.1. The number of ether oxygens (including phenoxy) is 2. The fourth-order valence-corrected chi connectivity index (χ4v) is 3.47. The molecule has 0 atom stereocenters. The maximum atomic E-state index is 12.1. The molecule has 0 amide bonds. The summed E-state index contributed by atoms with van der Waals surface area (Å²) in [7, 11) is 1.61. The number of methoxy groups -OCH3 is 1. The normalized spacial score (nSPS) is 10.2. The largest absolute Gasteiger partial charge is 0.496 e. The highest BCUT2D eigenvalue weighted by atomic mass is 79.9. The lowest BCUT2D eigenvalue weighted by Crippen LogP contribution is -2.05. The molecule has 3 rings (SSSR count). The van der Waals surface area contributed by atoms with E-state index in [4.69, 9.17) is 14.7 Å². The molecule has 0 fully saturated rings. The van der Waals surface area contributed by atoms with Crippen LogP contribution in [-0.4, -0.2) is 18.1 Å². The van der Waals surface area contributed by atoms with Gasteiger partial charge >= 0.3 is 5.97 Å². The summed E-state index contributed by atoms with van der Waals surface area (Å²) in [4.78, 5) is 16.6. The predicted octanol–water partition coefficient (Wildman–Crippen LogP) is 4.81. The number of rotatable bonds is 5. The third-order valence-corrected chi connectivity index (χ3v) is 4.94. The van der Waals surface area contributed by atoms with Crippen molar-refractivity contribution in [3.05, 3.63) is 69.1 Å². The Morgan fingerprint density at radius 2 is 2.15 bits per heavy atom. The average molecular weight is 429 g/mol. The van der Waals surface area contributed by atoms with E-state index in [0.29, 0.717) is 16.8 Å². The van der Waals surface area contributed by atoms with Gasteiger partial charge in [-0.3, -0.25) is 0 Å². The number of benzene rings is 2. The van der Waals surface area contributed by atoms with Gasteiger partial charge in [-0.1, -0.05) is 22.0 Å². The van der Waals surface area contributed by atoms with Crippen LogP contribution in [0, 0.1) is 11.3 Å². The quantitative estimate of drug-likeness (QED) is 0.545. The lowest BCUT2D eigenvalue weighted by Gasteiger charge is -2.06. The zero-order valence-electron chi connectivity index (χ0n) is 13.7. The number of aromatic nitrogens is 1. The number of thiazole rings is 1. The molecule has 1 heterocycles. The first-order valence-electron chi connectivity index (χ1n) is 7.56. The van der Waals surface area contributed by atoms with Crippen LogP contribution in [0.4, 0.5) is 0 Å². The molecule has 2 aromatic carbocycles. The van der Waals surface area contributed by atoms with Gasteiger partial charge in [0.05, 0.1) is 35.6 Å². The summed E-state index contributed by atoms with van der Waals surface area (Å²) in [6.07, 6.45) is 0. The second-order valence-corrected chi connectivity index (χ2v) is 7.03. The van der Waals surface area contributed by atoms with E-state index in [1.807, 2.05) is 29.6 Å². The minimum atomic E-state index is -0.489. The van der Waals surface area contributed by atoms with E-state index < -0.39 is 5.97 Å². The van der Waals surface area contributed by atoms with Gasteiger partial charge < -0.3 is 9.47 Å². The lowest BCUT2D eigenvalue weighted by atomic mass is 10.1. The summed E-state index contributed by atoms with van der Waals surface area (Å²) < 4.78 is 11.6. The van der Waals surface area contributed by atoms with Crippen molar-refractivity contribution in [3.8, 4) is 22.4 Å². The van der Waals surface area contributed by atoms with Gasteiger partial charge in [-0.15, -0.1) is 11.3 Å². The molecule has 0 bridgehead atoms. The summed E-state index contributed by atoms with van der Waals surface area (Å²) in [6.45, 7) is 0.0580. The number of carbonyl (C=O) groups excluding carboxylic acids is 1. The molecule has 0 aliphatic carbocycles. The van der Waals surface area contributed by atoms with Crippen molar-refractivity contribution in [1.29, 1.82) is 5.26 Å². The van der Waals surface area contributed by atoms with Gasteiger partial charge in [-0.25, -0.2) is 9.78 Å². The van der Waals surface area contributed by atoms with Gasteiger partial charge in [0.1, 0.15) is 17.4 Å². The number of nitriles is 1. The van der Waals surface area contributed by atoms with E-state index in [0.717, 1.165) is 20.8 Å². The molecule has 5 nitrogen and oxygen atoms in total. The van der Waals surface area contributed by atoms with Crippen LogP contribution in [0.3, 0.4) is 0 Å². The molecule has 26 heavy (non-hydrogen) atoms. The Morgan fingerprint density at radius 1 is 1.31 bits per heavy atom. The van der Waals surface area contributed by atoms with E-state index in [9.17, 15) is 4.79 Å². The van der Waals surface area contributed by atoms with Gasteiger partial charge in [0.2, 0.25) is 0 Å². The van der Waals surface area contributed by atoms with Crippen LogP contribution in [0.1, 0.15) is 21.6 Å². The molecule has 7 heteroatoms. The highest BCUT2D eigenvalue weighted by Gasteiger charge is 2.13. The highest BCUT2D eigenvalue weighted by Crippen LogP contribution is 2.34. The van der Waals surface area contributed by atoms with Crippen molar-refractivity contribution in [1.82, 2.24) is 4.98 Å². The molecule has 0 saturated heterocycles. The Bertz CT molecular complexity index is 994. The Balaban J connectivity index is 1.72. The zero-order chi connectivity index (χ0) is 18.5. The van der Waals surface area contributed by atoms with Crippen LogP contribution in [0.25, 0.3) is 10.6 Å². The van der Waals surface area contributed by atoms with Crippen molar-refractivity contribution < 1.29 is 14.3 Å². The van der Waals surface area contributed by atoms with Crippen LogP contribution in [0.15, 0.2) is 52.3 Å². The fraction of sp³-hybridized carbons (Fsp3) is 0.105. The Kier molecular flexibility index (Phi) is 5.66. The summed E-state index contributed by atoms with van der Waals surface area (Å²) in [5.41, 5.74) is 2.27. The molecule has 0 N–H and O–H groups in total. The highest BCUT2D eigenvalue weighted by molar-refractivity contribution is 9.10. The van der Waals surface area contributed by atoms with Crippen molar-refractivity contribution in [2.24, 2.45) is 0 Å². The van der Waals surface area contributed by atoms with Gasteiger partial charge in [-0.2, -0.15) is 5.26 Å². The van der Waals surface area contributed by atoms with Crippen molar-refractivity contribution >= 4 is 33.2 Å². The SMILES string of the molecule is COc1ccc(Br)cc1-c1nc(COC(=O)c2cccc(C#N)c2)cs1. The molecule has 0 saturated carbocycles. The minimum Gasteiger partial charge on any atom is -0.496 e. The number of hydrogen-bond donors (Lipinski definition) is 0. The smallest absolute Gasteiger partial charge is 0.338 e. The number of halogens is 1. The fourth-order valence-electron chi connectivity index (χ4n) is 2.28. The Morgan fingerprint density at radius 3 is 2.92 bits per heavy atom. The van der Waals surface area contributed by atoms with E-state index in [2.05, 4.69) is 20.9 Å². The summed E-state index contributed by atoms with van der Waals surface area (Å²) in [5, 5.41) is 11.5. The Hall–Kier alpha value is -2.69. The monoisotopic (exact) mass is 428 g/mol. The van der Waals surface area contributed by atoms with E-state index in [1.54, 1.807) is 25.3 Å². The topological polar surface area (TPSA) is 72.2 Å². The molecule has 3 aromatic rings. The number of hydrogen-bond acceptors (Lipinski definition) is 6. The van der Waals surface area contributed by atoms with Gasteiger partial charge in [-0.05, 0) is 36.4 Å². The first-order chi connectivity index (χ1) is 12.6. The van der Waals surface area contributed by atoms with Crippen LogP contribution in [0.2, 0.25) is 0 Å². The summed E-state index contributed by atoms with van der Waals surface area (Å²) in [6, 6.07) is 14.1. The first kappa shape index (κ1) is 18.1. The second kappa shape index (κ2) is 8.13. The van der Waals surface area contributed by atoms with Crippen LogP contribution >= 0.6 is 27.3 Å². The van der Waals surface area contributed by atoms with Crippen LogP contribution in [-0.2, 0) is 11.3 Å².